The topological polar surface area (TPSA) is 40.7 Å². The van der Waals surface area contributed by atoms with E-state index in [1.807, 2.05) is 36.4 Å². The summed E-state index contributed by atoms with van der Waals surface area (Å²) in [5, 5.41) is 1.32. The molecule has 0 bridgehead atoms. The van der Waals surface area contributed by atoms with E-state index in [-0.39, 0.29) is 0 Å². The monoisotopic (exact) mass is 519 g/mol. The molecule has 0 atom stereocenters. The number of H-pyrrole nitrogens is 1. The number of halogens is 1. The Morgan fingerprint density at radius 3 is 2.41 bits per heavy atom. The number of piperazine rings is 1. The van der Waals surface area contributed by atoms with E-state index in [0.29, 0.717) is 0 Å². The first-order chi connectivity index (χ1) is 16.7. The molecule has 6 heteroatoms. The molecule has 5 nitrogen and oxygen atoms in total. The van der Waals surface area contributed by atoms with E-state index in [9.17, 15) is 0 Å². The number of hydrogen-bond donors (Lipinski definition) is 1. The summed E-state index contributed by atoms with van der Waals surface area (Å²) >= 11 is 3.60. The average molecular weight is 520 g/mol. The lowest BCUT2D eigenvalue weighted by Gasteiger charge is -2.36. The summed E-state index contributed by atoms with van der Waals surface area (Å²) in [7, 11) is 1.67. The Balaban J connectivity index is 1.17. The zero-order valence-corrected chi connectivity index (χ0v) is 21.1. The van der Waals surface area contributed by atoms with Crippen LogP contribution in [0.2, 0.25) is 0 Å². The van der Waals surface area contributed by atoms with Crippen molar-refractivity contribution in [3.63, 3.8) is 0 Å². The molecule has 1 aromatic heterocycles. The van der Waals surface area contributed by atoms with Crippen LogP contribution in [0, 0.1) is 0 Å². The van der Waals surface area contributed by atoms with Crippen molar-refractivity contribution >= 4 is 32.5 Å². The second-order valence-corrected chi connectivity index (χ2v) is 9.57. The summed E-state index contributed by atoms with van der Waals surface area (Å²) in [4.78, 5) is 8.40. The number of benzene rings is 3. The van der Waals surface area contributed by atoms with Gasteiger partial charge in [0, 0.05) is 47.8 Å². The highest BCUT2D eigenvalue weighted by Crippen LogP contribution is 2.36. The van der Waals surface area contributed by atoms with Crippen LogP contribution in [0.4, 0.5) is 5.69 Å². The third-order valence-electron chi connectivity index (χ3n) is 6.52. The molecular formula is C28H30BrN3O2. The van der Waals surface area contributed by atoms with Crippen molar-refractivity contribution in [3.05, 3.63) is 83.0 Å². The maximum atomic E-state index is 6.27. The lowest BCUT2D eigenvalue weighted by atomic mass is 10.1. The normalized spacial score (nSPS) is 14.5. The first-order valence-corrected chi connectivity index (χ1v) is 12.6. The lowest BCUT2D eigenvalue weighted by Crippen LogP contribution is -2.46. The summed E-state index contributed by atoms with van der Waals surface area (Å²) in [5.41, 5.74) is 3.75. The van der Waals surface area contributed by atoms with E-state index in [4.69, 9.17) is 9.47 Å². The predicted molar refractivity (Wildman–Crippen MR) is 142 cm³/mol. The van der Waals surface area contributed by atoms with Gasteiger partial charge in [0.05, 0.1) is 12.8 Å². The number of para-hydroxylation sites is 4. The molecule has 1 N–H and O–H groups in total. The molecule has 1 fully saturated rings. The van der Waals surface area contributed by atoms with Gasteiger partial charge in [-0.05, 0) is 67.4 Å². The van der Waals surface area contributed by atoms with Gasteiger partial charge in [0.2, 0.25) is 0 Å². The van der Waals surface area contributed by atoms with Crippen molar-refractivity contribution in [2.24, 2.45) is 0 Å². The largest absolute Gasteiger partial charge is 0.493 e. The fourth-order valence-electron chi connectivity index (χ4n) is 4.69. The minimum absolute atomic E-state index is 0.736. The number of fused-ring (bicyclic) bond motifs is 1. The van der Waals surface area contributed by atoms with Crippen molar-refractivity contribution < 1.29 is 9.47 Å². The molecule has 1 aliphatic rings. The van der Waals surface area contributed by atoms with Gasteiger partial charge in [-0.15, -0.1) is 0 Å². The molecule has 0 aliphatic carbocycles. The summed E-state index contributed by atoms with van der Waals surface area (Å²) in [6.07, 6.45) is 4.41. The van der Waals surface area contributed by atoms with Gasteiger partial charge in [0.25, 0.3) is 0 Å². The zero-order chi connectivity index (χ0) is 23.3. The Hall–Kier alpha value is -2.96. The molecule has 2 heterocycles. The van der Waals surface area contributed by atoms with Crippen LogP contribution >= 0.6 is 15.9 Å². The lowest BCUT2D eigenvalue weighted by molar-refractivity contribution is 0.254. The molecule has 0 amide bonds. The number of rotatable bonds is 8. The molecular weight excluding hydrogens is 490 g/mol. The minimum Gasteiger partial charge on any atom is -0.493 e. The predicted octanol–water partition coefficient (Wildman–Crippen LogP) is 6.49. The Morgan fingerprint density at radius 1 is 0.882 bits per heavy atom. The third-order valence-corrected chi connectivity index (χ3v) is 7.01. The fourth-order valence-corrected chi connectivity index (χ4v) is 5.05. The van der Waals surface area contributed by atoms with Crippen molar-refractivity contribution in [1.29, 1.82) is 0 Å². The second kappa shape index (κ2) is 10.5. The number of aryl methyl sites for hydroxylation is 1. The molecule has 0 unspecified atom stereocenters. The van der Waals surface area contributed by atoms with Crippen LogP contribution in [-0.2, 0) is 6.42 Å². The number of anilines is 1. The molecule has 1 saturated heterocycles. The quantitative estimate of drug-likeness (QED) is 0.289. The van der Waals surface area contributed by atoms with Gasteiger partial charge in [-0.3, -0.25) is 4.90 Å². The molecule has 3 aromatic carbocycles. The number of ether oxygens (including phenoxy) is 2. The highest BCUT2D eigenvalue weighted by atomic mass is 79.9. The molecule has 4 aromatic rings. The maximum absolute atomic E-state index is 6.27. The Morgan fingerprint density at radius 2 is 1.62 bits per heavy atom. The summed E-state index contributed by atoms with van der Waals surface area (Å²) in [6.45, 7) is 5.22. The highest BCUT2D eigenvalue weighted by Gasteiger charge is 2.20. The number of nitrogens with zero attached hydrogens (tertiary/aromatic N) is 2. The number of aromatic nitrogens is 1. The van der Waals surface area contributed by atoms with E-state index in [1.165, 1.54) is 16.5 Å². The van der Waals surface area contributed by atoms with Crippen molar-refractivity contribution in [2.45, 2.75) is 12.8 Å². The van der Waals surface area contributed by atoms with Crippen LogP contribution in [0.1, 0.15) is 12.0 Å². The van der Waals surface area contributed by atoms with Gasteiger partial charge in [-0.2, -0.15) is 0 Å². The number of nitrogens with one attached hydrogen (secondary N) is 1. The first-order valence-electron chi connectivity index (χ1n) is 11.8. The van der Waals surface area contributed by atoms with Gasteiger partial charge in [-0.25, -0.2) is 0 Å². The van der Waals surface area contributed by atoms with Crippen LogP contribution in [0.3, 0.4) is 0 Å². The first kappa shape index (κ1) is 22.8. The van der Waals surface area contributed by atoms with Crippen LogP contribution in [0.5, 0.6) is 17.2 Å². The van der Waals surface area contributed by atoms with E-state index in [1.54, 1.807) is 7.11 Å². The average Bonchev–Trinajstić information content (AvgIpc) is 3.27. The van der Waals surface area contributed by atoms with Crippen LogP contribution in [-0.4, -0.2) is 49.7 Å². The molecule has 0 saturated carbocycles. The smallest absolute Gasteiger partial charge is 0.169 e. The van der Waals surface area contributed by atoms with E-state index in [2.05, 4.69) is 67.2 Å². The summed E-state index contributed by atoms with van der Waals surface area (Å²) in [6, 6.07) is 22.5. The second-order valence-electron chi connectivity index (χ2n) is 8.66. The maximum Gasteiger partial charge on any atom is 0.169 e. The van der Waals surface area contributed by atoms with Crippen LogP contribution < -0.4 is 14.4 Å². The van der Waals surface area contributed by atoms with E-state index in [0.717, 1.165) is 73.0 Å². The number of aromatic amines is 1. The van der Waals surface area contributed by atoms with Crippen molar-refractivity contribution in [2.75, 3.05) is 44.7 Å². The highest BCUT2D eigenvalue weighted by molar-refractivity contribution is 9.10. The Kier molecular flexibility index (Phi) is 7.07. The summed E-state index contributed by atoms with van der Waals surface area (Å²) < 4.78 is 12.9. The van der Waals surface area contributed by atoms with Gasteiger partial charge >= 0.3 is 0 Å². The SMILES string of the molecule is COc1ccccc1Oc1ccccc1N1CCN(CCCc2c[nH]c3ccc(Br)cc23)CC1. The number of hydrogen-bond acceptors (Lipinski definition) is 4. The molecule has 0 radical (unpaired) electrons. The van der Waals surface area contributed by atoms with Gasteiger partial charge < -0.3 is 19.4 Å². The Bertz CT molecular complexity index is 1250. The van der Waals surface area contributed by atoms with Gasteiger partial charge in [0.15, 0.2) is 17.2 Å². The van der Waals surface area contributed by atoms with Gasteiger partial charge in [-0.1, -0.05) is 40.2 Å². The van der Waals surface area contributed by atoms with Gasteiger partial charge in [0.1, 0.15) is 0 Å². The zero-order valence-electron chi connectivity index (χ0n) is 19.5. The van der Waals surface area contributed by atoms with Crippen LogP contribution in [0.15, 0.2) is 77.4 Å². The Labute approximate surface area is 209 Å². The third kappa shape index (κ3) is 5.08. The molecule has 176 valence electrons. The molecule has 0 spiro atoms. The molecule has 5 rings (SSSR count). The minimum atomic E-state index is 0.736. The van der Waals surface area contributed by atoms with E-state index < -0.39 is 0 Å². The standard InChI is InChI=1S/C28H30BrN3O2/c1-33-27-10-4-5-11-28(27)34-26-9-3-2-8-25(26)32-17-15-31(16-18-32)14-6-7-21-20-30-24-13-12-22(29)19-23(21)24/h2-5,8-13,19-20,30H,6-7,14-18H2,1H3. The van der Waals surface area contributed by atoms with Crippen molar-refractivity contribution in [1.82, 2.24) is 9.88 Å². The number of methoxy groups -OCH3 is 1. The molecule has 1 aliphatic heterocycles. The van der Waals surface area contributed by atoms with Crippen LogP contribution in [0.25, 0.3) is 10.9 Å². The molecule has 34 heavy (non-hydrogen) atoms. The fraction of sp³-hybridized carbons (Fsp3) is 0.286. The summed E-state index contributed by atoms with van der Waals surface area (Å²) in [5.74, 6) is 2.34. The van der Waals surface area contributed by atoms with Crippen molar-refractivity contribution in [3.8, 4) is 17.2 Å². The van der Waals surface area contributed by atoms with E-state index >= 15 is 0 Å².